The summed E-state index contributed by atoms with van der Waals surface area (Å²) in [6.07, 6.45) is 0. The maximum Gasteiger partial charge on any atom is 0.255 e. The molecule has 0 fully saturated rings. The van der Waals surface area contributed by atoms with E-state index in [9.17, 15) is 9.59 Å². The fraction of sp³-hybridized carbons (Fsp3) is 0.176. The molecule has 0 saturated heterocycles. The van der Waals surface area contributed by atoms with Crippen molar-refractivity contribution in [2.24, 2.45) is 0 Å². The average Bonchev–Trinajstić information content (AvgIpc) is 2.49. The van der Waals surface area contributed by atoms with Crippen molar-refractivity contribution >= 4 is 40.7 Å². The number of hydrogen-bond donors (Lipinski definition) is 2. The van der Waals surface area contributed by atoms with E-state index in [0.717, 1.165) is 0 Å². The molecule has 0 spiro atoms. The number of anilines is 1. The zero-order chi connectivity index (χ0) is 17.0. The van der Waals surface area contributed by atoms with Crippen molar-refractivity contribution in [3.8, 4) is 0 Å². The number of halogens is 2. The summed E-state index contributed by atoms with van der Waals surface area (Å²) in [4.78, 5) is 24.1. The quantitative estimate of drug-likeness (QED) is 0.859. The Morgan fingerprint density at radius 1 is 0.913 bits per heavy atom. The molecule has 120 valence electrons. The van der Waals surface area contributed by atoms with Gasteiger partial charge in [0.05, 0.1) is 10.7 Å². The predicted octanol–water partition coefficient (Wildman–Crippen LogP) is 4.38. The lowest BCUT2D eigenvalue weighted by Crippen LogP contribution is -2.30. The number of hydrogen-bond acceptors (Lipinski definition) is 2. The number of benzene rings is 2. The minimum atomic E-state index is -0.315. The molecule has 2 N–H and O–H groups in total. The van der Waals surface area contributed by atoms with Gasteiger partial charge in [0.2, 0.25) is 0 Å². The van der Waals surface area contributed by atoms with E-state index in [1.54, 1.807) is 42.5 Å². The van der Waals surface area contributed by atoms with Gasteiger partial charge in [-0.2, -0.15) is 0 Å². The van der Waals surface area contributed by atoms with Gasteiger partial charge in [-0.3, -0.25) is 9.59 Å². The molecule has 0 aliphatic rings. The Morgan fingerprint density at radius 3 is 2.00 bits per heavy atom. The standard InChI is InChI=1S/C17H16Cl2N2O2/c1-10(2)20-16(22)11-3-5-12(6-4-11)17(23)21-15-8-7-13(18)9-14(15)19/h3-10H,1-2H3,(H,20,22)(H,21,23). The topological polar surface area (TPSA) is 58.2 Å². The molecule has 0 aromatic heterocycles. The van der Waals surface area contributed by atoms with Crippen LogP contribution in [-0.2, 0) is 0 Å². The fourth-order valence-corrected chi connectivity index (χ4v) is 2.36. The average molecular weight is 351 g/mol. The SMILES string of the molecule is CC(C)NC(=O)c1ccc(C(=O)Nc2ccc(Cl)cc2Cl)cc1. The lowest BCUT2D eigenvalue weighted by atomic mass is 10.1. The summed E-state index contributed by atoms with van der Waals surface area (Å²) in [5, 5.41) is 6.35. The molecule has 23 heavy (non-hydrogen) atoms. The maximum atomic E-state index is 12.2. The van der Waals surface area contributed by atoms with E-state index in [0.29, 0.717) is 26.9 Å². The van der Waals surface area contributed by atoms with Crippen LogP contribution in [0.5, 0.6) is 0 Å². The second kappa shape index (κ2) is 7.49. The first-order valence-electron chi connectivity index (χ1n) is 7.04. The molecule has 2 aromatic rings. The third-order valence-corrected chi connectivity index (χ3v) is 3.56. The third kappa shape index (κ3) is 4.71. The largest absolute Gasteiger partial charge is 0.350 e. The van der Waals surface area contributed by atoms with Gasteiger partial charge < -0.3 is 10.6 Å². The molecule has 0 bridgehead atoms. The molecule has 0 unspecified atom stereocenters. The molecule has 0 radical (unpaired) electrons. The number of carbonyl (C=O) groups is 2. The predicted molar refractivity (Wildman–Crippen MR) is 93.5 cm³/mol. The second-order valence-corrected chi connectivity index (χ2v) is 6.13. The van der Waals surface area contributed by atoms with Gasteiger partial charge in [-0.1, -0.05) is 23.2 Å². The minimum Gasteiger partial charge on any atom is -0.350 e. The van der Waals surface area contributed by atoms with Crippen molar-refractivity contribution < 1.29 is 9.59 Å². The first-order valence-corrected chi connectivity index (χ1v) is 7.79. The summed E-state index contributed by atoms with van der Waals surface area (Å²) in [6.45, 7) is 3.77. The molecule has 2 amide bonds. The zero-order valence-electron chi connectivity index (χ0n) is 12.7. The molecule has 4 nitrogen and oxygen atoms in total. The molecule has 0 aliphatic carbocycles. The Labute approximate surface area is 144 Å². The van der Waals surface area contributed by atoms with Crippen molar-refractivity contribution in [1.82, 2.24) is 5.32 Å². The Bertz CT molecular complexity index is 728. The van der Waals surface area contributed by atoms with Crippen molar-refractivity contribution in [1.29, 1.82) is 0 Å². The molecule has 0 aliphatic heterocycles. The molecular weight excluding hydrogens is 335 g/mol. The Morgan fingerprint density at radius 2 is 1.48 bits per heavy atom. The molecule has 6 heteroatoms. The number of amides is 2. The van der Waals surface area contributed by atoms with E-state index >= 15 is 0 Å². The second-order valence-electron chi connectivity index (χ2n) is 5.28. The van der Waals surface area contributed by atoms with E-state index in [-0.39, 0.29) is 17.9 Å². The van der Waals surface area contributed by atoms with Crippen LogP contribution in [0.15, 0.2) is 42.5 Å². The van der Waals surface area contributed by atoms with E-state index in [1.807, 2.05) is 13.8 Å². The fourth-order valence-electron chi connectivity index (χ4n) is 1.90. The Hall–Kier alpha value is -2.04. The minimum absolute atomic E-state index is 0.0533. The number of rotatable bonds is 4. The highest BCUT2D eigenvalue weighted by atomic mass is 35.5. The highest BCUT2D eigenvalue weighted by Gasteiger charge is 2.11. The Kier molecular flexibility index (Phi) is 5.64. The van der Waals surface area contributed by atoms with Crippen molar-refractivity contribution in [3.63, 3.8) is 0 Å². The highest BCUT2D eigenvalue weighted by Crippen LogP contribution is 2.25. The highest BCUT2D eigenvalue weighted by molar-refractivity contribution is 6.36. The van der Waals surface area contributed by atoms with Crippen molar-refractivity contribution in [2.45, 2.75) is 19.9 Å². The van der Waals surface area contributed by atoms with Crippen LogP contribution in [0.25, 0.3) is 0 Å². The smallest absolute Gasteiger partial charge is 0.255 e. The van der Waals surface area contributed by atoms with Crippen molar-refractivity contribution in [2.75, 3.05) is 5.32 Å². The number of nitrogens with one attached hydrogen (secondary N) is 2. The van der Waals surface area contributed by atoms with Gasteiger partial charge in [0, 0.05) is 22.2 Å². The van der Waals surface area contributed by atoms with E-state index < -0.39 is 0 Å². The van der Waals surface area contributed by atoms with Gasteiger partial charge in [-0.15, -0.1) is 0 Å². The summed E-state index contributed by atoms with van der Waals surface area (Å²) < 4.78 is 0. The van der Waals surface area contributed by atoms with Crippen LogP contribution >= 0.6 is 23.2 Å². The first-order chi connectivity index (χ1) is 10.9. The van der Waals surface area contributed by atoms with Gasteiger partial charge in [0.25, 0.3) is 11.8 Å². The van der Waals surface area contributed by atoms with Crippen LogP contribution in [0.2, 0.25) is 10.0 Å². The summed E-state index contributed by atoms with van der Waals surface area (Å²) >= 11 is 11.8. The molecule has 2 rings (SSSR count). The Balaban J connectivity index is 2.09. The normalized spacial score (nSPS) is 10.5. The van der Waals surface area contributed by atoms with Crippen LogP contribution < -0.4 is 10.6 Å². The van der Waals surface area contributed by atoms with E-state index in [4.69, 9.17) is 23.2 Å². The third-order valence-electron chi connectivity index (χ3n) is 3.01. The molecular formula is C17H16Cl2N2O2. The zero-order valence-corrected chi connectivity index (χ0v) is 14.2. The van der Waals surface area contributed by atoms with Gasteiger partial charge in [-0.25, -0.2) is 0 Å². The first kappa shape index (κ1) is 17.3. The van der Waals surface area contributed by atoms with Crippen LogP contribution in [0.3, 0.4) is 0 Å². The maximum absolute atomic E-state index is 12.2. The summed E-state index contributed by atoms with van der Waals surface area (Å²) in [6, 6.07) is 11.3. The summed E-state index contributed by atoms with van der Waals surface area (Å²) in [5.74, 6) is -0.488. The molecule has 0 atom stereocenters. The van der Waals surface area contributed by atoms with Gasteiger partial charge in [0.1, 0.15) is 0 Å². The van der Waals surface area contributed by atoms with E-state index in [1.165, 1.54) is 0 Å². The van der Waals surface area contributed by atoms with Gasteiger partial charge in [-0.05, 0) is 56.3 Å². The summed E-state index contributed by atoms with van der Waals surface area (Å²) in [5.41, 5.74) is 1.40. The van der Waals surface area contributed by atoms with Crippen LogP contribution in [0.4, 0.5) is 5.69 Å². The van der Waals surface area contributed by atoms with Crippen LogP contribution in [-0.4, -0.2) is 17.9 Å². The number of carbonyl (C=O) groups excluding carboxylic acids is 2. The lowest BCUT2D eigenvalue weighted by Gasteiger charge is -2.10. The monoisotopic (exact) mass is 350 g/mol. The van der Waals surface area contributed by atoms with E-state index in [2.05, 4.69) is 10.6 Å². The lowest BCUT2D eigenvalue weighted by molar-refractivity contribution is 0.0941. The van der Waals surface area contributed by atoms with Crippen molar-refractivity contribution in [3.05, 3.63) is 63.6 Å². The van der Waals surface area contributed by atoms with Gasteiger partial charge >= 0.3 is 0 Å². The molecule has 0 heterocycles. The molecule has 0 saturated carbocycles. The van der Waals surface area contributed by atoms with Crippen LogP contribution in [0.1, 0.15) is 34.6 Å². The summed E-state index contributed by atoms with van der Waals surface area (Å²) in [7, 11) is 0. The molecule has 2 aromatic carbocycles. The van der Waals surface area contributed by atoms with Gasteiger partial charge in [0.15, 0.2) is 0 Å². The van der Waals surface area contributed by atoms with Crippen LogP contribution in [0, 0.1) is 0 Å².